The second-order valence-corrected chi connectivity index (χ2v) is 7.29. The summed E-state index contributed by atoms with van der Waals surface area (Å²) in [6.07, 6.45) is 0.0581. The van der Waals surface area contributed by atoms with Crippen LogP contribution in [0.1, 0.15) is 24.7 Å². The largest absolute Gasteiger partial charge is 0.326 e. The van der Waals surface area contributed by atoms with Gasteiger partial charge in [-0.3, -0.25) is 14.2 Å². The Balaban J connectivity index is 1.63. The van der Waals surface area contributed by atoms with Crippen LogP contribution >= 0.6 is 0 Å². The highest BCUT2D eigenvalue weighted by molar-refractivity contribution is 5.90. The first-order valence-corrected chi connectivity index (χ1v) is 10.2. The van der Waals surface area contributed by atoms with E-state index in [2.05, 4.69) is 15.4 Å². The quantitative estimate of drug-likeness (QED) is 0.498. The maximum atomic E-state index is 13.3. The third kappa shape index (κ3) is 4.01. The molecule has 164 valence electrons. The van der Waals surface area contributed by atoms with Crippen LogP contribution < -0.4 is 10.9 Å². The Morgan fingerprint density at radius 3 is 2.53 bits per heavy atom. The van der Waals surface area contributed by atoms with Crippen LogP contribution in [0.4, 0.5) is 14.5 Å². The van der Waals surface area contributed by atoms with Crippen LogP contribution in [-0.4, -0.2) is 25.2 Å². The van der Waals surface area contributed by atoms with Crippen molar-refractivity contribution in [1.82, 2.24) is 19.3 Å². The summed E-state index contributed by atoms with van der Waals surface area (Å²) in [5.41, 5.74) is 2.75. The van der Waals surface area contributed by atoms with Crippen LogP contribution in [0, 0.1) is 18.6 Å². The van der Waals surface area contributed by atoms with E-state index in [1.165, 1.54) is 6.07 Å². The highest BCUT2D eigenvalue weighted by Gasteiger charge is 2.19. The van der Waals surface area contributed by atoms with Gasteiger partial charge in [0.15, 0.2) is 17.3 Å². The molecule has 0 saturated carbocycles. The number of aromatic nitrogens is 4. The van der Waals surface area contributed by atoms with E-state index in [-0.39, 0.29) is 29.8 Å². The Labute approximate surface area is 182 Å². The minimum Gasteiger partial charge on any atom is -0.326 e. The number of carbonyl (C=O) groups excluding carboxylic acids is 1. The van der Waals surface area contributed by atoms with Crippen molar-refractivity contribution in [3.8, 4) is 5.69 Å². The zero-order chi connectivity index (χ0) is 22.8. The van der Waals surface area contributed by atoms with Gasteiger partial charge in [-0.1, -0.05) is 18.2 Å². The number of para-hydroxylation sites is 1. The van der Waals surface area contributed by atoms with Gasteiger partial charge in [0.1, 0.15) is 11.2 Å². The predicted molar refractivity (Wildman–Crippen MR) is 117 cm³/mol. The number of rotatable bonds is 6. The Hall–Kier alpha value is -3.88. The van der Waals surface area contributed by atoms with E-state index in [0.29, 0.717) is 23.4 Å². The molecule has 0 spiro atoms. The fourth-order valence-corrected chi connectivity index (χ4v) is 3.55. The summed E-state index contributed by atoms with van der Waals surface area (Å²) in [5.74, 6) is -2.48. The number of benzene rings is 2. The lowest BCUT2D eigenvalue weighted by molar-refractivity contribution is -0.116. The van der Waals surface area contributed by atoms with E-state index in [4.69, 9.17) is 0 Å². The molecule has 0 atom stereocenters. The first-order valence-electron chi connectivity index (χ1n) is 10.2. The average Bonchev–Trinajstić information content (AvgIpc) is 3.11. The molecule has 1 amide bonds. The van der Waals surface area contributed by atoms with Gasteiger partial charge in [0.2, 0.25) is 5.91 Å². The molecule has 32 heavy (non-hydrogen) atoms. The first kappa shape index (κ1) is 21.4. The topological polar surface area (TPSA) is 81.8 Å². The summed E-state index contributed by atoms with van der Waals surface area (Å²) >= 11 is 0. The second-order valence-electron chi connectivity index (χ2n) is 7.29. The predicted octanol–water partition coefficient (Wildman–Crippen LogP) is 3.76. The molecule has 0 fully saturated rings. The SMILES string of the molecule is CCn1c(=O)c(CCC(=O)Nc2ccc(F)c(F)c2)nc2c(C)nn(-c3ccccc3)c21. The van der Waals surface area contributed by atoms with Crippen LogP contribution in [0.5, 0.6) is 0 Å². The third-order valence-electron chi connectivity index (χ3n) is 5.11. The van der Waals surface area contributed by atoms with Gasteiger partial charge in [-0.2, -0.15) is 5.10 Å². The lowest BCUT2D eigenvalue weighted by Gasteiger charge is -2.11. The molecule has 0 aliphatic heterocycles. The van der Waals surface area contributed by atoms with Gasteiger partial charge in [-0.25, -0.2) is 18.4 Å². The Kier molecular flexibility index (Phi) is 5.81. The summed E-state index contributed by atoms with van der Waals surface area (Å²) in [5, 5.41) is 7.07. The molecule has 0 aliphatic rings. The van der Waals surface area contributed by atoms with Crippen molar-refractivity contribution in [2.24, 2.45) is 0 Å². The van der Waals surface area contributed by atoms with Crippen LogP contribution in [0.25, 0.3) is 16.9 Å². The lowest BCUT2D eigenvalue weighted by atomic mass is 10.2. The van der Waals surface area contributed by atoms with E-state index < -0.39 is 17.5 Å². The van der Waals surface area contributed by atoms with Crippen LogP contribution in [0.15, 0.2) is 53.3 Å². The molecule has 4 rings (SSSR count). The molecule has 9 heteroatoms. The number of hydrogen-bond donors (Lipinski definition) is 1. The molecule has 2 aromatic heterocycles. The molecular formula is C23H21F2N5O2. The zero-order valence-corrected chi connectivity index (χ0v) is 17.6. The summed E-state index contributed by atoms with van der Waals surface area (Å²) < 4.78 is 29.7. The number of fused-ring (bicyclic) bond motifs is 1. The molecule has 7 nitrogen and oxygen atoms in total. The number of hydrogen-bond acceptors (Lipinski definition) is 4. The monoisotopic (exact) mass is 437 g/mol. The lowest BCUT2D eigenvalue weighted by Crippen LogP contribution is -2.27. The molecule has 4 aromatic rings. The summed E-state index contributed by atoms with van der Waals surface area (Å²) in [7, 11) is 0. The number of nitrogens with one attached hydrogen (secondary N) is 1. The molecule has 0 aliphatic carbocycles. The van der Waals surface area contributed by atoms with Crippen LogP contribution in [-0.2, 0) is 17.8 Å². The van der Waals surface area contributed by atoms with Gasteiger partial charge in [0.05, 0.1) is 11.4 Å². The fraction of sp³-hybridized carbons (Fsp3) is 0.217. The van der Waals surface area contributed by atoms with Gasteiger partial charge in [0, 0.05) is 31.1 Å². The van der Waals surface area contributed by atoms with E-state index in [0.717, 1.165) is 17.8 Å². The molecule has 0 bridgehead atoms. The Morgan fingerprint density at radius 1 is 1.09 bits per heavy atom. The van der Waals surface area contributed by atoms with Crippen molar-refractivity contribution >= 4 is 22.8 Å². The Morgan fingerprint density at radius 2 is 1.84 bits per heavy atom. The number of halogens is 2. The molecule has 0 unspecified atom stereocenters. The van der Waals surface area contributed by atoms with Crippen molar-refractivity contribution in [2.75, 3.05) is 5.32 Å². The maximum Gasteiger partial charge on any atom is 0.273 e. The highest BCUT2D eigenvalue weighted by Crippen LogP contribution is 2.20. The van der Waals surface area contributed by atoms with E-state index in [1.54, 1.807) is 9.25 Å². The third-order valence-corrected chi connectivity index (χ3v) is 5.11. The minimum atomic E-state index is -1.05. The van der Waals surface area contributed by atoms with E-state index >= 15 is 0 Å². The normalized spacial score (nSPS) is 11.1. The van der Waals surface area contributed by atoms with Crippen LogP contribution in [0.3, 0.4) is 0 Å². The maximum absolute atomic E-state index is 13.3. The van der Waals surface area contributed by atoms with Crippen molar-refractivity contribution in [2.45, 2.75) is 33.2 Å². The molecule has 2 aromatic carbocycles. The van der Waals surface area contributed by atoms with Crippen molar-refractivity contribution in [1.29, 1.82) is 0 Å². The van der Waals surface area contributed by atoms with Crippen LogP contribution in [0.2, 0.25) is 0 Å². The highest BCUT2D eigenvalue weighted by atomic mass is 19.2. The first-order chi connectivity index (χ1) is 15.4. The molecule has 1 N–H and O–H groups in total. The molecule has 0 saturated heterocycles. The van der Waals surface area contributed by atoms with Gasteiger partial charge >= 0.3 is 0 Å². The van der Waals surface area contributed by atoms with E-state index in [1.807, 2.05) is 44.2 Å². The Bertz CT molecular complexity index is 1360. The molecule has 2 heterocycles. The smallest absolute Gasteiger partial charge is 0.273 e. The zero-order valence-electron chi connectivity index (χ0n) is 17.6. The molecular weight excluding hydrogens is 416 g/mol. The van der Waals surface area contributed by atoms with Gasteiger partial charge in [-0.05, 0) is 38.1 Å². The number of anilines is 1. The van der Waals surface area contributed by atoms with Gasteiger partial charge in [-0.15, -0.1) is 0 Å². The van der Waals surface area contributed by atoms with E-state index in [9.17, 15) is 18.4 Å². The average molecular weight is 437 g/mol. The standard InChI is InChI=1S/C23H21F2N5O2/c1-3-29-22-21(14(2)28-30(22)16-7-5-4-6-8-16)27-19(23(29)32)11-12-20(31)26-15-9-10-17(24)18(25)13-15/h4-10,13H,3,11-12H2,1-2H3,(H,26,31). The second kappa shape index (κ2) is 8.70. The number of amides is 1. The van der Waals surface area contributed by atoms with Crippen molar-refractivity contribution in [3.63, 3.8) is 0 Å². The fourth-order valence-electron chi connectivity index (χ4n) is 3.55. The van der Waals surface area contributed by atoms with Crippen molar-refractivity contribution in [3.05, 3.63) is 81.9 Å². The summed E-state index contributed by atoms with van der Waals surface area (Å²) in [4.78, 5) is 29.9. The number of aryl methyl sites for hydroxylation is 3. The number of nitrogens with zero attached hydrogens (tertiary/aromatic N) is 4. The minimum absolute atomic E-state index is 0.0394. The number of carbonyl (C=O) groups is 1. The summed E-state index contributed by atoms with van der Waals surface area (Å²) in [6, 6.07) is 12.6. The molecule has 0 radical (unpaired) electrons. The van der Waals surface area contributed by atoms with Crippen molar-refractivity contribution < 1.29 is 13.6 Å². The van der Waals surface area contributed by atoms with Gasteiger partial charge < -0.3 is 5.32 Å². The summed E-state index contributed by atoms with van der Waals surface area (Å²) in [6.45, 7) is 4.08. The van der Waals surface area contributed by atoms with Gasteiger partial charge in [0.25, 0.3) is 5.56 Å².